The first-order valence-electron chi connectivity index (χ1n) is 15.0. The van der Waals surface area contributed by atoms with E-state index in [9.17, 15) is 14.4 Å². The van der Waals surface area contributed by atoms with E-state index in [0.29, 0.717) is 43.1 Å². The summed E-state index contributed by atoms with van der Waals surface area (Å²) in [5, 5.41) is 5.93. The summed E-state index contributed by atoms with van der Waals surface area (Å²) < 4.78 is 27.2. The SMILES string of the molecule is C=CC(=O)OCC(COc1ccccc1)OC(=O)NC1CC(C)CC(C)(CNC(=O)OCC2CCC(COC)CC2)C1. The molecule has 1 aromatic rings. The van der Waals surface area contributed by atoms with Crippen LogP contribution in [0.1, 0.15) is 58.8 Å². The Morgan fingerprint density at radius 1 is 1.00 bits per heavy atom. The van der Waals surface area contributed by atoms with Crippen LogP contribution in [-0.4, -0.2) is 70.4 Å². The molecule has 3 rings (SSSR count). The molecule has 10 heteroatoms. The maximum absolute atomic E-state index is 12.9. The van der Waals surface area contributed by atoms with Crippen LogP contribution < -0.4 is 15.4 Å². The fraction of sp³-hybridized carbons (Fsp3) is 0.656. The molecule has 2 N–H and O–H groups in total. The summed E-state index contributed by atoms with van der Waals surface area (Å²) >= 11 is 0. The number of carbonyl (C=O) groups is 3. The number of benzene rings is 1. The minimum absolute atomic E-state index is 0.0151. The third kappa shape index (κ3) is 11.9. The highest BCUT2D eigenvalue weighted by Crippen LogP contribution is 2.39. The summed E-state index contributed by atoms with van der Waals surface area (Å²) in [6.45, 7) is 9.19. The number of hydrogen-bond donors (Lipinski definition) is 2. The number of amides is 2. The summed E-state index contributed by atoms with van der Waals surface area (Å²) in [6, 6.07) is 8.97. The minimum atomic E-state index is -0.812. The lowest BCUT2D eigenvalue weighted by atomic mass is 9.69. The molecular formula is C32H48N2O8. The van der Waals surface area contributed by atoms with Gasteiger partial charge in [-0.1, -0.05) is 38.6 Å². The topological polar surface area (TPSA) is 121 Å². The Bertz CT molecular complexity index is 997. The molecule has 0 heterocycles. The Morgan fingerprint density at radius 3 is 2.36 bits per heavy atom. The molecule has 42 heavy (non-hydrogen) atoms. The predicted octanol–water partition coefficient (Wildman–Crippen LogP) is 5.26. The molecule has 234 valence electrons. The Morgan fingerprint density at radius 2 is 1.69 bits per heavy atom. The van der Waals surface area contributed by atoms with Crippen LogP contribution in [0.15, 0.2) is 43.0 Å². The number of nitrogens with one attached hydrogen (secondary N) is 2. The van der Waals surface area contributed by atoms with Crippen molar-refractivity contribution in [1.29, 1.82) is 0 Å². The third-order valence-electron chi connectivity index (χ3n) is 8.10. The van der Waals surface area contributed by atoms with E-state index < -0.39 is 24.3 Å². The van der Waals surface area contributed by atoms with Crippen LogP contribution in [-0.2, 0) is 23.7 Å². The zero-order chi connectivity index (χ0) is 30.4. The minimum Gasteiger partial charge on any atom is -0.490 e. The summed E-state index contributed by atoms with van der Waals surface area (Å²) in [4.78, 5) is 37.0. The van der Waals surface area contributed by atoms with Gasteiger partial charge in [0.05, 0.1) is 6.61 Å². The van der Waals surface area contributed by atoms with Crippen LogP contribution in [0.5, 0.6) is 5.75 Å². The molecule has 10 nitrogen and oxygen atoms in total. The Balaban J connectivity index is 1.44. The van der Waals surface area contributed by atoms with Crippen molar-refractivity contribution in [3.63, 3.8) is 0 Å². The van der Waals surface area contributed by atoms with E-state index in [0.717, 1.165) is 51.2 Å². The largest absolute Gasteiger partial charge is 0.490 e. The van der Waals surface area contributed by atoms with Crippen molar-refractivity contribution in [1.82, 2.24) is 10.6 Å². The Kier molecular flexibility index (Phi) is 13.4. The van der Waals surface area contributed by atoms with Gasteiger partial charge in [-0.05, 0) is 80.2 Å². The molecule has 0 saturated heterocycles. The van der Waals surface area contributed by atoms with Crippen molar-refractivity contribution in [2.24, 2.45) is 23.2 Å². The van der Waals surface area contributed by atoms with E-state index in [1.165, 1.54) is 0 Å². The number of rotatable bonds is 14. The summed E-state index contributed by atoms with van der Waals surface area (Å²) in [5.74, 6) is 1.34. The van der Waals surface area contributed by atoms with Gasteiger partial charge < -0.3 is 34.3 Å². The van der Waals surface area contributed by atoms with Crippen LogP contribution in [0, 0.1) is 23.2 Å². The molecule has 2 saturated carbocycles. The number of ether oxygens (including phenoxy) is 5. The van der Waals surface area contributed by atoms with Gasteiger partial charge in [-0.15, -0.1) is 0 Å². The molecule has 4 unspecified atom stereocenters. The number of alkyl carbamates (subject to hydrolysis) is 2. The number of hydrogen-bond acceptors (Lipinski definition) is 8. The molecule has 4 atom stereocenters. The zero-order valence-electron chi connectivity index (χ0n) is 25.3. The van der Waals surface area contributed by atoms with Crippen molar-refractivity contribution < 1.29 is 38.1 Å². The lowest BCUT2D eigenvalue weighted by Gasteiger charge is -2.41. The van der Waals surface area contributed by atoms with Gasteiger partial charge in [-0.2, -0.15) is 0 Å². The lowest BCUT2D eigenvalue weighted by molar-refractivity contribution is -0.141. The monoisotopic (exact) mass is 588 g/mol. The highest BCUT2D eigenvalue weighted by atomic mass is 16.6. The maximum atomic E-state index is 12.9. The average Bonchev–Trinajstić information content (AvgIpc) is 2.97. The maximum Gasteiger partial charge on any atom is 0.407 e. The second kappa shape index (κ2) is 17.0. The lowest BCUT2D eigenvalue weighted by Crippen LogP contribution is -2.49. The number of para-hydroxylation sites is 1. The fourth-order valence-electron chi connectivity index (χ4n) is 6.16. The van der Waals surface area contributed by atoms with Crippen molar-refractivity contribution in [2.45, 2.75) is 70.9 Å². The van der Waals surface area contributed by atoms with Gasteiger partial charge in [0.1, 0.15) is 19.0 Å². The van der Waals surface area contributed by atoms with E-state index >= 15 is 0 Å². The molecule has 2 amide bonds. The van der Waals surface area contributed by atoms with Gasteiger partial charge in [-0.3, -0.25) is 0 Å². The second-order valence-corrected chi connectivity index (χ2v) is 12.2. The zero-order valence-corrected chi connectivity index (χ0v) is 25.3. The standard InChI is InChI=1S/C32H48N2O8/c1-5-29(35)40-21-28(20-39-27-9-7-6-8-10-27)42-31(37)34-26-15-23(2)16-32(3,17-26)22-33-30(36)41-19-25-13-11-24(12-14-25)18-38-4/h5-10,23-26,28H,1,11-22H2,2-4H3,(H,33,36)(H,34,37). The summed E-state index contributed by atoms with van der Waals surface area (Å²) in [7, 11) is 1.74. The van der Waals surface area contributed by atoms with Gasteiger partial charge >= 0.3 is 18.2 Å². The first-order chi connectivity index (χ1) is 20.2. The third-order valence-corrected chi connectivity index (χ3v) is 8.10. The first-order valence-corrected chi connectivity index (χ1v) is 15.0. The summed E-state index contributed by atoms with van der Waals surface area (Å²) in [5.41, 5.74) is -0.220. The fourth-order valence-corrected chi connectivity index (χ4v) is 6.16. The molecule has 2 aliphatic carbocycles. The molecular weight excluding hydrogens is 540 g/mol. The van der Waals surface area contributed by atoms with Gasteiger partial charge in [0, 0.05) is 32.4 Å². The van der Waals surface area contributed by atoms with E-state index in [2.05, 4.69) is 31.1 Å². The van der Waals surface area contributed by atoms with Crippen LogP contribution in [0.3, 0.4) is 0 Å². The van der Waals surface area contributed by atoms with E-state index in [1.54, 1.807) is 19.2 Å². The number of methoxy groups -OCH3 is 1. The Labute approximate surface area is 249 Å². The quantitative estimate of drug-likeness (QED) is 0.171. The van der Waals surface area contributed by atoms with Gasteiger partial charge in [0.25, 0.3) is 0 Å². The molecule has 0 radical (unpaired) electrons. The van der Waals surface area contributed by atoms with Crippen LogP contribution in [0.2, 0.25) is 0 Å². The van der Waals surface area contributed by atoms with Crippen LogP contribution in [0.25, 0.3) is 0 Å². The summed E-state index contributed by atoms with van der Waals surface area (Å²) in [6.07, 6.45) is 5.93. The van der Waals surface area contributed by atoms with Crippen molar-refractivity contribution in [3.05, 3.63) is 43.0 Å². The molecule has 1 aromatic carbocycles. The van der Waals surface area contributed by atoms with Gasteiger partial charge in [0.2, 0.25) is 0 Å². The smallest absolute Gasteiger partial charge is 0.407 e. The number of esters is 1. The van der Waals surface area contributed by atoms with Crippen LogP contribution >= 0.6 is 0 Å². The van der Waals surface area contributed by atoms with Crippen molar-refractivity contribution in [3.8, 4) is 5.75 Å². The molecule has 2 fully saturated rings. The number of carbonyl (C=O) groups excluding carboxylic acids is 3. The van der Waals surface area contributed by atoms with E-state index in [1.807, 2.05) is 18.2 Å². The van der Waals surface area contributed by atoms with Crippen molar-refractivity contribution in [2.75, 3.05) is 40.1 Å². The van der Waals surface area contributed by atoms with Gasteiger partial charge in [-0.25, -0.2) is 14.4 Å². The normalized spacial score (nSPS) is 26.3. The van der Waals surface area contributed by atoms with Crippen LogP contribution in [0.4, 0.5) is 9.59 Å². The average molecular weight is 589 g/mol. The highest BCUT2D eigenvalue weighted by molar-refractivity contribution is 5.81. The van der Waals surface area contributed by atoms with E-state index in [4.69, 9.17) is 23.7 Å². The highest BCUT2D eigenvalue weighted by Gasteiger charge is 2.37. The Hall–Kier alpha value is -3.27. The predicted molar refractivity (Wildman–Crippen MR) is 158 cm³/mol. The molecule has 0 aromatic heterocycles. The second-order valence-electron chi connectivity index (χ2n) is 12.2. The molecule has 0 aliphatic heterocycles. The van der Waals surface area contributed by atoms with Gasteiger partial charge in [0.15, 0.2) is 6.10 Å². The molecule has 0 spiro atoms. The van der Waals surface area contributed by atoms with E-state index in [-0.39, 0.29) is 24.7 Å². The molecule has 2 aliphatic rings. The van der Waals surface area contributed by atoms with Crippen molar-refractivity contribution >= 4 is 18.2 Å². The molecule has 0 bridgehead atoms. The first kappa shape index (κ1) is 33.2.